The monoisotopic (exact) mass is 398 g/mol. The van der Waals surface area contributed by atoms with Gasteiger partial charge >= 0.3 is 0 Å². The first-order chi connectivity index (χ1) is 13.2. The van der Waals surface area contributed by atoms with Gasteiger partial charge in [0.05, 0.1) is 15.3 Å². The maximum absolute atomic E-state index is 13.4. The zero-order chi connectivity index (χ0) is 20.2. The van der Waals surface area contributed by atoms with E-state index in [9.17, 15) is 14.4 Å². The van der Waals surface area contributed by atoms with Crippen LogP contribution in [0.2, 0.25) is 0 Å². The molecule has 3 N–H and O–H groups in total. The number of hydrogen-bond donors (Lipinski definition) is 2. The van der Waals surface area contributed by atoms with Gasteiger partial charge in [-0.3, -0.25) is 14.4 Å². The number of nitrogens with two attached hydrogens (primary N) is 1. The lowest BCUT2D eigenvalue weighted by molar-refractivity contribution is -0.123. The second-order valence-electron chi connectivity index (χ2n) is 7.68. The molecule has 0 unspecified atom stereocenters. The minimum absolute atomic E-state index is 0.0562. The van der Waals surface area contributed by atoms with Crippen LogP contribution in [0, 0.1) is 12.3 Å². The van der Waals surface area contributed by atoms with Crippen molar-refractivity contribution in [2.45, 2.75) is 45.7 Å². The number of carbonyl (C=O) groups is 3. The molecule has 1 aromatic heterocycles. The van der Waals surface area contributed by atoms with Crippen molar-refractivity contribution in [3.05, 3.63) is 35.0 Å². The molecular formula is C20H22N4O3S. The first-order valence-corrected chi connectivity index (χ1v) is 10.0. The fourth-order valence-electron chi connectivity index (χ4n) is 4.34. The molecule has 28 heavy (non-hydrogen) atoms. The summed E-state index contributed by atoms with van der Waals surface area (Å²) in [5, 5.41) is 3.55. The zero-order valence-corrected chi connectivity index (χ0v) is 16.8. The summed E-state index contributed by atoms with van der Waals surface area (Å²) < 4.78 is 0. The molecule has 1 saturated carbocycles. The summed E-state index contributed by atoms with van der Waals surface area (Å²) in [6.07, 6.45) is 1.24. The minimum atomic E-state index is -0.564. The molecule has 146 valence electrons. The minimum Gasteiger partial charge on any atom is -0.369 e. The molecule has 8 heteroatoms. The summed E-state index contributed by atoms with van der Waals surface area (Å²) >= 11 is 1.44. The lowest BCUT2D eigenvalue weighted by Crippen LogP contribution is -2.37. The first-order valence-electron chi connectivity index (χ1n) is 9.21. The number of hydrogen-bond acceptors (Lipinski definition) is 5. The standard InChI is InChI=1S/C20H22N4O3S/c1-10-8-20(19(21)27)9-15(20)24(10)18(26)16-17(28-12(3)23-16)13-5-4-6-14(7-13)22-11(2)25/h4-7,10,15H,8-9H2,1-3H3,(H2,21,27)(H,22,25)/t10-,15-,20+/m0/s1. The summed E-state index contributed by atoms with van der Waals surface area (Å²) in [4.78, 5) is 43.6. The molecule has 0 bridgehead atoms. The number of fused-ring (bicyclic) bond motifs is 1. The number of amides is 3. The Balaban J connectivity index is 1.68. The highest BCUT2D eigenvalue weighted by Gasteiger charge is 2.68. The van der Waals surface area contributed by atoms with E-state index in [2.05, 4.69) is 10.3 Å². The van der Waals surface area contributed by atoms with E-state index in [4.69, 9.17) is 5.73 Å². The Morgan fingerprint density at radius 1 is 1.32 bits per heavy atom. The van der Waals surface area contributed by atoms with Crippen LogP contribution < -0.4 is 11.1 Å². The third-order valence-electron chi connectivity index (χ3n) is 5.61. The third kappa shape index (κ3) is 2.88. The van der Waals surface area contributed by atoms with E-state index >= 15 is 0 Å². The van der Waals surface area contributed by atoms with Crippen molar-refractivity contribution in [2.24, 2.45) is 11.1 Å². The van der Waals surface area contributed by atoms with E-state index in [-0.39, 0.29) is 29.8 Å². The smallest absolute Gasteiger partial charge is 0.274 e. The highest BCUT2D eigenvalue weighted by molar-refractivity contribution is 7.15. The molecule has 2 aliphatic rings. The number of aromatic nitrogens is 1. The van der Waals surface area contributed by atoms with Gasteiger partial charge in [0.25, 0.3) is 5.91 Å². The molecular weight excluding hydrogens is 376 g/mol. The molecule has 2 aromatic rings. The van der Waals surface area contributed by atoms with Crippen molar-refractivity contribution in [1.82, 2.24) is 9.88 Å². The van der Waals surface area contributed by atoms with Gasteiger partial charge in [0.1, 0.15) is 5.69 Å². The van der Waals surface area contributed by atoms with Crippen molar-refractivity contribution in [2.75, 3.05) is 5.32 Å². The molecule has 1 aliphatic heterocycles. The van der Waals surface area contributed by atoms with Crippen LogP contribution in [0.25, 0.3) is 10.4 Å². The highest BCUT2D eigenvalue weighted by atomic mass is 32.1. The number of anilines is 1. The van der Waals surface area contributed by atoms with Crippen LogP contribution >= 0.6 is 11.3 Å². The largest absolute Gasteiger partial charge is 0.369 e. The predicted molar refractivity (Wildman–Crippen MR) is 107 cm³/mol. The molecule has 3 amide bonds. The zero-order valence-electron chi connectivity index (χ0n) is 16.0. The maximum Gasteiger partial charge on any atom is 0.274 e. The predicted octanol–water partition coefficient (Wildman–Crippen LogP) is 2.56. The Morgan fingerprint density at radius 2 is 2.07 bits per heavy atom. The first kappa shape index (κ1) is 18.6. The number of benzene rings is 1. The number of aryl methyl sites for hydroxylation is 1. The summed E-state index contributed by atoms with van der Waals surface area (Å²) in [6.45, 7) is 5.26. The van der Waals surface area contributed by atoms with Crippen LogP contribution in [0.5, 0.6) is 0 Å². The molecule has 7 nitrogen and oxygen atoms in total. The van der Waals surface area contributed by atoms with Gasteiger partial charge in [0.15, 0.2) is 0 Å². The van der Waals surface area contributed by atoms with E-state index in [1.807, 2.05) is 32.0 Å². The van der Waals surface area contributed by atoms with E-state index in [1.165, 1.54) is 18.3 Å². The number of rotatable bonds is 4. The average Bonchev–Trinajstić information content (AvgIpc) is 3.05. The number of nitrogens with zero attached hydrogens (tertiary/aromatic N) is 2. The van der Waals surface area contributed by atoms with Crippen molar-refractivity contribution in [3.63, 3.8) is 0 Å². The van der Waals surface area contributed by atoms with Crippen molar-refractivity contribution in [3.8, 4) is 10.4 Å². The van der Waals surface area contributed by atoms with Gasteiger partial charge in [-0.1, -0.05) is 12.1 Å². The topological polar surface area (TPSA) is 105 Å². The maximum atomic E-state index is 13.4. The number of nitrogens with one attached hydrogen (secondary N) is 1. The molecule has 2 fully saturated rings. The normalized spacial score (nSPS) is 25.3. The van der Waals surface area contributed by atoms with Crippen molar-refractivity contribution < 1.29 is 14.4 Å². The molecule has 1 saturated heterocycles. The van der Waals surface area contributed by atoms with Gasteiger partial charge in [-0.05, 0) is 44.4 Å². The van der Waals surface area contributed by atoms with Gasteiger partial charge in [-0.25, -0.2) is 4.98 Å². The fraction of sp³-hybridized carbons (Fsp3) is 0.400. The van der Waals surface area contributed by atoms with Gasteiger partial charge in [-0.15, -0.1) is 11.3 Å². The lowest BCUT2D eigenvalue weighted by atomic mass is 10.00. The van der Waals surface area contributed by atoms with Gasteiger partial charge in [0.2, 0.25) is 11.8 Å². The van der Waals surface area contributed by atoms with Crippen LogP contribution in [0.3, 0.4) is 0 Å². The van der Waals surface area contributed by atoms with Gasteiger partial charge in [-0.2, -0.15) is 0 Å². The molecule has 1 aliphatic carbocycles. The summed E-state index contributed by atoms with van der Waals surface area (Å²) in [6, 6.07) is 7.18. The van der Waals surface area contributed by atoms with Crippen LogP contribution in [0.4, 0.5) is 5.69 Å². The Bertz CT molecular complexity index is 1000. The number of carbonyl (C=O) groups excluding carboxylic acids is 3. The van der Waals surface area contributed by atoms with Crippen molar-refractivity contribution >= 4 is 34.7 Å². The van der Waals surface area contributed by atoms with Crippen LogP contribution in [-0.2, 0) is 9.59 Å². The number of likely N-dealkylation sites (tertiary alicyclic amines) is 1. The van der Waals surface area contributed by atoms with Crippen LogP contribution in [0.15, 0.2) is 24.3 Å². The summed E-state index contributed by atoms with van der Waals surface area (Å²) in [5.41, 5.74) is 6.91. The Kier molecular flexibility index (Phi) is 4.26. The van der Waals surface area contributed by atoms with E-state index in [0.717, 1.165) is 15.4 Å². The number of piperidine rings is 1. The quantitative estimate of drug-likeness (QED) is 0.825. The second-order valence-corrected chi connectivity index (χ2v) is 8.88. The number of thiazole rings is 1. The summed E-state index contributed by atoms with van der Waals surface area (Å²) in [7, 11) is 0. The Hall–Kier alpha value is -2.74. The molecule has 1 aromatic carbocycles. The van der Waals surface area contributed by atoms with E-state index in [1.54, 1.807) is 11.0 Å². The SMILES string of the molecule is CC(=O)Nc1cccc(-c2sc(C)nc2C(=O)N2[C@H]3C[C@]3(C(N)=O)C[C@@H]2C)c1. The van der Waals surface area contributed by atoms with Gasteiger partial charge < -0.3 is 16.0 Å². The molecule has 0 spiro atoms. The second kappa shape index (κ2) is 6.41. The molecule has 2 heterocycles. The van der Waals surface area contributed by atoms with Crippen molar-refractivity contribution in [1.29, 1.82) is 0 Å². The van der Waals surface area contributed by atoms with Crippen LogP contribution in [-0.4, -0.2) is 39.7 Å². The Labute approximate surface area is 166 Å². The van der Waals surface area contributed by atoms with E-state index in [0.29, 0.717) is 24.2 Å². The average molecular weight is 398 g/mol. The molecule has 0 radical (unpaired) electrons. The highest BCUT2D eigenvalue weighted by Crippen LogP contribution is 2.59. The van der Waals surface area contributed by atoms with Crippen LogP contribution in [0.1, 0.15) is 42.2 Å². The summed E-state index contributed by atoms with van der Waals surface area (Å²) in [5.74, 6) is -0.643. The van der Waals surface area contributed by atoms with E-state index < -0.39 is 5.41 Å². The van der Waals surface area contributed by atoms with Gasteiger partial charge in [0, 0.05) is 24.7 Å². The molecule has 4 rings (SSSR count). The third-order valence-corrected chi connectivity index (χ3v) is 6.63. The number of primary amides is 1. The molecule has 3 atom stereocenters. The Morgan fingerprint density at radius 3 is 2.71 bits per heavy atom. The lowest BCUT2D eigenvalue weighted by Gasteiger charge is -2.24. The fourth-order valence-corrected chi connectivity index (χ4v) is 5.25.